The monoisotopic (exact) mass is 369 g/mol. The summed E-state index contributed by atoms with van der Waals surface area (Å²) in [6.45, 7) is 1.57. The van der Waals surface area contributed by atoms with Gasteiger partial charge in [-0.15, -0.1) is 5.10 Å². The zero-order valence-electron chi connectivity index (χ0n) is 15.5. The number of aromatic nitrogens is 3. The molecule has 1 aromatic heterocycles. The third-order valence-corrected chi connectivity index (χ3v) is 4.53. The molecule has 8 heteroatoms. The fourth-order valence-corrected chi connectivity index (χ4v) is 3.07. The number of carbonyl (C=O) groups excluding carboxylic acids is 2. The van der Waals surface area contributed by atoms with Crippen molar-refractivity contribution in [1.82, 2.24) is 24.8 Å². The van der Waals surface area contributed by atoms with Crippen molar-refractivity contribution in [2.24, 2.45) is 0 Å². The normalized spacial score (nSPS) is 14.0. The number of carbonyl (C=O) groups is 2. The highest BCUT2D eigenvalue weighted by Crippen LogP contribution is 2.29. The van der Waals surface area contributed by atoms with Crippen LogP contribution in [0.5, 0.6) is 5.75 Å². The predicted octanol–water partition coefficient (Wildman–Crippen LogP) is 1.39. The van der Waals surface area contributed by atoms with Crippen LogP contribution in [0.2, 0.25) is 0 Å². The van der Waals surface area contributed by atoms with Gasteiger partial charge in [0.25, 0.3) is 5.91 Å². The maximum atomic E-state index is 12.5. The molecule has 0 radical (unpaired) electrons. The number of phenols is 1. The number of aromatic hydroxyl groups is 1. The number of rotatable bonds is 5. The van der Waals surface area contributed by atoms with Gasteiger partial charge in [0.1, 0.15) is 5.75 Å². The van der Waals surface area contributed by atoms with Crippen molar-refractivity contribution in [3.63, 3.8) is 0 Å². The number of hydrogen-bond donors (Lipinski definition) is 1. The summed E-state index contributed by atoms with van der Waals surface area (Å²) in [6.07, 6.45) is 6.41. The summed E-state index contributed by atoms with van der Waals surface area (Å²) >= 11 is 0. The summed E-state index contributed by atoms with van der Waals surface area (Å²) in [5, 5.41) is 18.0. The van der Waals surface area contributed by atoms with Gasteiger partial charge in [0.15, 0.2) is 0 Å². The molecule has 27 heavy (non-hydrogen) atoms. The predicted molar refractivity (Wildman–Crippen MR) is 99.9 cm³/mol. The molecular weight excluding hydrogens is 346 g/mol. The van der Waals surface area contributed by atoms with Crippen LogP contribution in [0.15, 0.2) is 36.7 Å². The molecule has 0 unspecified atom stereocenters. The van der Waals surface area contributed by atoms with Crippen molar-refractivity contribution < 1.29 is 14.7 Å². The number of hydrogen-bond acceptors (Lipinski definition) is 5. The molecule has 0 saturated heterocycles. The van der Waals surface area contributed by atoms with E-state index in [0.29, 0.717) is 37.2 Å². The van der Waals surface area contributed by atoms with Gasteiger partial charge in [-0.25, -0.2) is 0 Å². The Morgan fingerprint density at radius 3 is 2.78 bits per heavy atom. The molecule has 0 atom stereocenters. The second kappa shape index (κ2) is 8.03. The molecule has 0 bridgehead atoms. The molecule has 142 valence electrons. The standard InChI is InChI=1S/C19H23N5O3/c1-22(2)19(27)14-5-6-16(17(25)12-14)15-4-3-9-23(13-15)18(26)7-10-24-11-8-20-21-24/h4-6,8,11-12,25H,3,7,9-10,13H2,1-2H3. The van der Waals surface area contributed by atoms with Gasteiger partial charge < -0.3 is 14.9 Å². The van der Waals surface area contributed by atoms with Crippen LogP contribution in [0.3, 0.4) is 0 Å². The van der Waals surface area contributed by atoms with E-state index in [9.17, 15) is 14.7 Å². The summed E-state index contributed by atoms with van der Waals surface area (Å²) in [6, 6.07) is 4.91. The Kier molecular flexibility index (Phi) is 5.54. The van der Waals surface area contributed by atoms with Crippen molar-refractivity contribution >= 4 is 17.4 Å². The smallest absolute Gasteiger partial charge is 0.253 e. The molecule has 0 saturated carbocycles. The number of aryl methyl sites for hydroxylation is 1. The lowest BCUT2D eigenvalue weighted by Gasteiger charge is -2.28. The van der Waals surface area contributed by atoms with Crippen molar-refractivity contribution in [1.29, 1.82) is 0 Å². The van der Waals surface area contributed by atoms with Gasteiger partial charge in [0, 0.05) is 50.9 Å². The Balaban J connectivity index is 1.68. The molecule has 1 aromatic carbocycles. The summed E-state index contributed by atoms with van der Waals surface area (Å²) in [5.41, 5.74) is 1.97. The largest absolute Gasteiger partial charge is 0.507 e. The Morgan fingerprint density at radius 2 is 2.11 bits per heavy atom. The molecule has 1 aliphatic heterocycles. The molecule has 1 N–H and O–H groups in total. The van der Waals surface area contributed by atoms with Crippen LogP contribution in [0.4, 0.5) is 0 Å². The summed E-state index contributed by atoms with van der Waals surface area (Å²) in [7, 11) is 3.33. The summed E-state index contributed by atoms with van der Waals surface area (Å²) < 4.78 is 1.63. The molecule has 0 aliphatic carbocycles. The highest BCUT2D eigenvalue weighted by molar-refractivity contribution is 5.95. The molecule has 0 fully saturated rings. The fraction of sp³-hybridized carbons (Fsp3) is 0.368. The van der Waals surface area contributed by atoms with Gasteiger partial charge in [-0.2, -0.15) is 0 Å². The highest BCUT2D eigenvalue weighted by atomic mass is 16.3. The average molecular weight is 369 g/mol. The maximum absolute atomic E-state index is 12.5. The fourth-order valence-electron chi connectivity index (χ4n) is 3.07. The van der Waals surface area contributed by atoms with Crippen LogP contribution >= 0.6 is 0 Å². The maximum Gasteiger partial charge on any atom is 0.253 e. The quantitative estimate of drug-likeness (QED) is 0.860. The Bertz CT molecular complexity index is 858. The minimum Gasteiger partial charge on any atom is -0.507 e. The van der Waals surface area contributed by atoms with Crippen LogP contribution in [0, 0.1) is 0 Å². The van der Waals surface area contributed by atoms with Gasteiger partial charge in [-0.05, 0) is 24.1 Å². The molecule has 1 aliphatic rings. The number of benzene rings is 1. The Hall–Kier alpha value is -3.16. The Labute approximate surface area is 157 Å². The van der Waals surface area contributed by atoms with Gasteiger partial charge >= 0.3 is 0 Å². The van der Waals surface area contributed by atoms with Crippen LogP contribution in [0.25, 0.3) is 5.57 Å². The SMILES string of the molecule is CN(C)C(=O)c1ccc(C2=CCCN(C(=O)CCn3ccnn3)C2)c(O)c1. The van der Waals surface area contributed by atoms with Crippen molar-refractivity contribution in [3.05, 3.63) is 47.8 Å². The molecule has 2 aromatic rings. The van der Waals surface area contributed by atoms with E-state index < -0.39 is 0 Å². The van der Waals surface area contributed by atoms with E-state index in [1.165, 1.54) is 11.0 Å². The average Bonchev–Trinajstić information content (AvgIpc) is 3.19. The zero-order valence-corrected chi connectivity index (χ0v) is 15.5. The van der Waals surface area contributed by atoms with Crippen LogP contribution < -0.4 is 0 Å². The van der Waals surface area contributed by atoms with Gasteiger partial charge in [0.05, 0.1) is 12.7 Å². The minimum atomic E-state index is -0.167. The van der Waals surface area contributed by atoms with Crippen molar-refractivity contribution in [2.75, 3.05) is 27.2 Å². The topological polar surface area (TPSA) is 91.6 Å². The number of phenolic OH excluding ortho intramolecular Hbond substituents is 1. The molecule has 3 rings (SSSR count). The first-order valence-corrected chi connectivity index (χ1v) is 8.81. The molecule has 8 nitrogen and oxygen atoms in total. The third-order valence-electron chi connectivity index (χ3n) is 4.53. The minimum absolute atomic E-state index is 0.0370. The van der Waals surface area contributed by atoms with E-state index in [-0.39, 0.29) is 17.6 Å². The first-order chi connectivity index (χ1) is 13.0. The van der Waals surface area contributed by atoms with E-state index in [4.69, 9.17) is 0 Å². The molecular formula is C19H23N5O3. The molecule has 2 amide bonds. The van der Waals surface area contributed by atoms with Crippen LogP contribution in [-0.4, -0.2) is 68.9 Å². The van der Waals surface area contributed by atoms with E-state index >= 15 is 0 Å². The van der Waals surface area contributed by atoms with E-state index in [0.717, 1.165) is 12.0 Å². The lowest BCUT2D eigenvalue weighted by Crippen LogP contribution is -2.36. The zero-order chi connectivity index (χ0) is 19.4. The third kappa shape index (κ3) is 4.33. The molecule has 0 spiro atoms. The van der Waals surface area contributed by atoms with Gasteiger partial charge in [0.2, 0.25) is 5.91 Å². The first kappa shape index (κ1) is 18.6. The van der Waals surface area contributed by atoms with Crippen LogP contribution in [-0.2, 0) is 11.3 Å². The number of amides is 2. The van der Waals surface area contributed by atoms with Crippen LogP contribution in [0.1, 0.15) is 28.8 Å². The second-order valence-electron chi connectivity index (χ2n) is 6.68. The summed E-state index contributed by atoms with van der Waals surface area (Å²) in [5.74, 6) is -0.0831. The second-order valence-corrected chi connectivity index (χ2v) is 6.68. The van der Waals surface area contributed by atoms with Gasteiger partial charge in [-0.3, -0.25) is 14.3 Å². The van der Waals surface area contributed by atoms with E-state index in [2.05, 4.69) is 10.3 Å². The lowest BCUT2D eigenvalue weighted by molar-refractivity contribution is -0.131. The first-order valence-electron chi connectivity index (χ1n) is 8.81. The Morgan fingerprint density at radius 1 is 1.30 bits per heavy atom. The summed E-state index contributed by atoms with van der Waals surface area (Å²) in [4.78, 5) is 27.8. The van der Waals surface area contributed by atoms with E-state index in [1.807, 2.05) is 6.08 Å². The van der Waals surface area contributed by atoms with E-state index in [1.54, 1.807) is 48.2 Å². The van der Waals surface area contributed by atoms with Crippen molar-refractivity contribution in [3.8, 4) is 5.75 Å². The molecule has 2 heterocycles. The number of nitrogens with zero attached hydrogens (tertiary/aromatic N) is 5. The van der Waals surface area contributed by atoms with Gasteiger partial charge in [-0.1, -0.05) is 17.4 Å². The van der Waals surface area contributed by atoms with Crippen molar-refractivity contribution in [2.45, 2.75) is 19.4 Å². The lowest BCUT2D eigenvalue weighted by atomic mass is 9.98. The highest BCUT2D eigenvalue weighted by Gasteiger charge is 2.21.